The Balaban J connectivity index is 1.12. The topological polar surface area (TPSA) is 183 Å². The number of aromatic carboxylic acids is 1. The lowest BCUT2D eigenvalue weighted by Gasteiger charge is -2.59. The number of hydrogen-bond donors (Lipinski definition) is 4. The average Bonchev–Trinajstić information content (AvgIpc) is 3.30. The van der Waals surface area contributed by atoms with E-state index in [0.717, 1.165) is 18.4 Å². The van der Waals surface area contributed by atoms with Gasteiger partial charge < -0.3 is 25.2 Å². The first-order chi connectivity index (χ1) is 22.3. The zero-order chi connectivity index (χ0) is 33.7. The minimum absolute atomic E-state index is 0.0256. The van der Waals surface area contributed by atoms with Crippen LogP contribution in [0.1, 0.15) is 61.9 Å². The average molecular weight is 643 g/mol. The number of aromatic hydroxyl groups is 1. The molecule has 0 bridgehead atoms. The second kappa shape index (κ2) is 12.0. The summed E-state index contributed by atoms with van der Waals surface area (Å²) >= 11 is 0. The van der Waals surface area contributed by atoms with Crippen LogP contribution in [0.25, 0.3) is 0 Å². The van der Waals surface area contributed by atoms with Crippen molar-refractivity contribution in [1.82, 2.24) is 0 Å². The second-order valence-electron chi connectivity index (χ2n) is 13.7. The van der Waals surface area contributed by atoms with Crippen molar-refractivity contribution in [2.75, 3.05) is 6.61 Å². The van der Waals surface area contributed by atoms with E-state index in [0.29, 0.717) is 17.7 Å². The fraction of sp³-hybridized carbons (Fsp3) is 0.444. The number of ether oxygens (including phenoxy) is 1. The molecular weight excluding hydrogens is 604 g/mol. The number of aliphatic hydroxyl groups excluding tert-OH is 1. The molecule has 47 heavy (non-hydrogen) atoms. The van der Waals surface area contributed by atoms with Gasteiger partial charge in [-0.3, -0.25) is 14.4 Å². The molecule has 0 heterocycles. The summed E-state index contributed by atoms with van der Waals surface area (Å²) in [4.78, 5) is 50.0. The Labute approximate surface area is 271 Å². The third-order valence-electron chi connectivity index (χ3n) is 11.3. The summed E-state index contributed by atoms with van der Waals surface area (Å²) in [6, 6.07) is 10.4. The summed E-state index contributed by atoms with van der Waals surface area (Å²) in [5.74, 6) is -3.17. The fourth-order valence-corrected chi connectivity index (χ4v) is 8.89. The number of fused-ring (bicyclic) bond motifs is 5. The van der Waals surface area contributed by atoms with E-state index in [1.807, 2.05) is 13.0 Å². The first-order valence-electron chi connectivity index (χ1n) is 15.9. The summed E-state index contributed by atoms with van der Waals surface area (Å²) in [6.45, 7) is 3.32. The minimum atomic E-state index is -1.77. The monoisotopic (exact) mass is 642 g/mol. The quantitative estimate of drug-likeness (QED) is 0.223. The number of ketones is 2. The highest BCUT2D eigenvalue weighted by atomic mass is 16.5. The molecule has 4 aliphatic rings. The number of esters is 1. The Hall–Kier alpha value is -4.48. The van der Waals surface area contributed by atoms with Crippen molar-refractivity contribution in [1.29, 1.82) is 0 Å². The Kier molecular flexibility index (Phi) is 8.26. The lowest BCUT2D eigenvalue weighted by Crippen LogP contribution is -2.61. The number of carboxylic acid groups (broad SMARTS) is 1. The number of phenols is 1. The molecule has 11 nitrogen and oxygen atoms in total. The number of nitrogens with zero attached hydrogens (tertiary/aromatic N) is 2. The van der Waals surface area contributed by atoms with Gasteiger partial charge >= 0.3 is 11.9 Å². The van der Waals surface area contributed by atoms with E-state index in [1.165, 1.54) is 18.2 Å². The molecule has 4 N–H and O–H groups in total. The number of Topliss-reactive ketones (excluding diaryl/α,β-unsaturated/α-hetero) is 1. The SMILES string of the molecule is CC12C=CC(=O)C=C1CCC1C2C(O)CC2(C)C1CCC2(O)C(=O)COC(=O)Cc1ccccc1/N=N/c1ccc(O)c(C(=O)O)c1. The maximum atomic E-state index is 13.6. The maximum Gasteiger partial charge on any atom is 0.339 e. The molecule has 0 radical (unpaired) electrons. The Morgan fingerprint density at radius 1 is 1.06 bits per heavy atom. The normalized spacial score (nSPS) is 32.7. The van der Waals surface area contributed by atoms with E-state index >= 15 is 0 Å². The molecule has 7 unspecified atom stereocenters. The number of carbonyl (C=O) groups is 4. The first-order valence-corrected chi connectivity index (χ1v) is 15.9. The molecule has 0 aliphatic heterocycles. The molecule has 0 spiro atoms. The number of hydrogen-bond acceptors (Lipinski definition) is 10. The van der Waals surface area contributed by atoms with Crippen LogP contribution in [0, 0.1) is 28.6 Å². The summed E-state index contributed by atoms with van der Waals surface area (Å²) in [5.41, 5.74) is -1.48. The van der Waals surface area contributed by atoms with E-state index in [4.69, 9.17) is 4.74 Å². The van der Waals surface area contributed by atoms with Crippen LogP contribution >= 0.6 is 0 Å². The van der Waals surface area contributed by atoms with Gasteiger partial charge in [-0.25, -0.2) is 4.79 Å². The van der Waals surface area contributed by atoms with Crippen molar-refractivity contribution >= 4 is 34.9 Å². The van der Waals surface area contributed by atoms with E-state index < -0.39 is 52.6 Å². The van der Waals surface area contributed by atoms with Crippen LogP contribution in [0.5, 0.6) is 5.75 Å². The van der Waals surface area contributed by atoms with Crippen LogP contribution in [-0.2, 0) is 25.5 Å². The van der Waals surface area contributed by atoms with Gasteiger partial charge in [0.05, 0.1) is 23.9 Å². The molecule has 11 heteroatoms. The number of carbonyl (C=O) groups excluding carboxylic acids is 3. The molecule has 3 saturated carbocycles. The van der Waals surface area contributed by atoms with Gasteiger partial charge in [0.2, 0.25) is 5.78 Å². The third-order valence-corrected chi connectivity index (χ3v) is 11.3. The fourth-order valence-electron chi connectivity index (χ4n) is 8.89. The molecule has 3 fully saturated rings. The Bertz CT molecular complexity index is 1750. The van der Waals surface area contributed by atoms with E-state index in [9.17, 15) is 39.6 Å². The summed E-state index contributed by atoms with van der Waals surface area (Å²) in [7, 11) is 0. The standard InChI is InChI=1S/C36H38N2O9/c1-34-13-11-23(39)16-21(34)7-9-24-26-12-14-36(46,35(26,2)18-29(41)32(24)34)30(42)19-47-31(43)15-20-5-3-4-6-27(20)38-37-22-8-10-28(40)25(17-22)33(44)45/h3-6,8,10-11,13,16-17,24,26,29,32,40-41,46H,7,9,12,14-15,18-19H2,1-2H3,(H,44,45)/b38-37+. The number of rotatable bonds is 8. The Morgan fingerprint density at radius 2 is 1.83 bits per heavy atom. The predicted octanol–water partition coefficient (Wildman–Crippen LogP) is 5.17. The second-order valence-corrected chi connectivity index (χ2v) is 13.7. The van der Waals surface area contributed by atoms with Gasteiger partial charge in [-0.05, 0) is 85.9 Å². The van der Waals surface area contributed by atoms with Crippen LogP contribution in [0.3, 0.4) is 0 Å². The van der Waals surface area contributed by atoms with Gasteiger partial charge in [-0.1, -0.05) is 43.7 Å². The molecule has 0 amide bonds. The van der Waals surface area contributed by atoms with E-state index in [1.54, 1.807) is 36.4 Å². The van der Waals surface area contributed by atoms with Crippen molar-refractivity contribution in [3.05, 3.63) is 77.4 Å². The number of azo groups is 1. The number of carboxylic acids is 1. The van der Waals surface area contributed by atoms with Crippen molar-refractivity contribution in [3.63, 3.8) is 0 Å². The molecule has 0 aromatic heterocycles. The molecule has 0 saturated heterocycles. The zero-order valence-corrected chi connectivity index (χ0v) is 26.3. The van der Waals surface area contributed by atoms with Gasteiger partial charge in [0, 0.05) is 16.7 Å². The number of benzene rings is 2. The molecule has 4 aliphatic carbocycles. The van der Waals surface area contributed by atoms with Crippen LogP contribution in [-0.4, -0.2) is 62.2 Å². The largest absolute Gasteiger partial charge is 0.507 e. The van der Waals surface area contributed by atoms with Gasteiger partial charge in [-0.2, -0.15) is 10.2 Å². The van der Waals surface area contributed by atoms with Gasteiger partial charge in [0.25, 0.3) is 0 Å². The smallest absolute Gasteiger partial charge is 0.339 e. The first kappa shape index (κ1) is 32.5. The number of allylic oxidation sites excluding steroid dienone is 4. The summed E-state index contributed by atoms with van der Waals surface area (Å²) < 4.78 is 5.39. The molecule has 6 rings (SSSR count). The molecule has 2 aromatic rings. The van der Waals surface area contributed by atoms with Crippen molar-refractivity contribution < 1.29 is 44.3 Å². The highest BCUT2D eigenvalue weighted by Crippen LogP contribution is 2.67. The minimum Gasteiger partial charge on any atom is -0.507 e. The summed E-state index contributed by atoms with van der Waals surface area (Å²) in [6.07, 6.45) is 6.65. The molecule has 7 atom stereocenters. The van der Waals surface area contributed by atoms with Gasteiger partial charge in [-0.15, -0.1) is 0 Å². The van der Waals surface area contributed by atoms with Crippen molar-refractivity contribution in [3.8, 4) is 5.75 Å². The van der Waals surface area contributed by atoms with Crippen molar-refractivity contribution in [2.24, 2.45) is 38.8 Å². The Morgan fingerprint density at radius 3 is 2.60 bits per heavy atom. The van der Waals surface area contributed by atoms with Crippen LogP contribution in [0.2, 0.25) is 0 Å². The van der Waals surface area contributed by atoms with Gasteiger partial charge in [0.1, 0.15) is 16.9 Å². The van der Waals surface area contributed by atoms with E-state index in [-0.39, 0.29) is 54.1 Å². The van der Waals surface area contributed by atoms with Crippen LogP contribution < -0.4 is 0 Å². The lowest BCUT2D eigenvalue weighted by molar-refractivity contribution is -0.181. The zero-order valence-electron chi connectivity index (χ0n) is 26.3. The van der Waals surface area contributed by atoms with Crippen LogP contribution in [0.15, 0.2) is 76.5 Å². The highest BCUT2D eigenvalue weighted by molar-refractivity contribution is 6.01. The highest BCUT2D eigenvalue weighted by Gasteiger charge is 2.68. The third kappa shape index (κ3) is 5.51. The van der Waals surface area contributed by atoms with E-state index in [2.05, 4.69) is 17.2 Å². The van der Waals surface area contributed by atoms with Crippen molar-refractivity contribution in [2.45, 2.75) is 64.1 Å². The number of aliphatic hydroxyl groups is 2. The van der Waals surface area contributed by atoms with Gasteiger partial charge in [0.15, 0.2) is 12.4 Å². The lowest BCUT2D eigenvalue weighted by atomic mass is 9.46. The predicted molar refractivity (Wildman–Crippen MR) is 168 cm³/mol. The maximum absolute atomic E-state index is 13.6. The molecular formula is C36H38N2O9. The molecule has 246 valence electrons. The summed E-state index contributed by atoms with van der Waals surface area (Å²) in [5, 5.41) is 50.7. The van der Waals surface area contributed by atoms with Crippen LogP contribution in [0.4, 0.5) is 11.4 Å². The molecule has 2 aromatic carbocycles.